The average molecular weight is 285 g/mol. The maximum absolute atomic E-state index is 12.1. The molecule has 0 unspecified atom stereocenters. The van der Waals surface area contributed by atoms with Gasteiger partial charge in [0.2, 0.25) is 0 Å². The lowest BCUT2D eigenvalue weighted by Crippen LogP contribution is -2.15. The van der Waals surface area contributed by atoms with Crippen molar-refractivity contribution in [3.63, 3.8) is 0 Å². The van der Waals surface area contributed by atoms with Crippen molar-refractivity contribution in [3.05, 3.63) is 64.7 Å². The van der Waals surface area contributed by atoms with Crippen LogP contribution in [0.2, 0.25) is 0 Å². The number of aliphatic hydroxyl groups is 1. The van der Waals surface area contributed by atoms with Crippen molar-refractivity contribution in [2.24, 2.45) is 0 Å². The minimum Gasteiger partial charge on any atom is -0.478 e. The summed E-state index contributed by atoms with van der Waals surface area (Å²) in [5, 5.41) is 20.7. The van der Waals surface area contributed by atoms with Crippen LogP contribution in [-0.4, -0.2) is 22.1 Å². The molecule has 0 aliphatic carbocycles. The highest BCUT2D eigenvalue weighted by atomic mass is 16.4. The maximum atomic E-state index is 12.1. The summed E-state index contributed by atoms with van der Waals surface area (Å²) in [7, 11) is 0. The number of carbonyl (C=O) groups excluding carboxylic acids is 1. The van der Waals surface area contributed by atoms with Gasteiger partial charge >= 0.3 is 5.97 Å². The van der Waals surface area contributed by atoms with Crippen LogP contribution >= 0.6 is 0 Å². The Morgan fingerprint density at radius 3 is 2.33 bits per heavy atom. The molecule has 2 aromatic carbocycles. The fraction of sp³-hybridized carbons (Fsp3) is 0.125. The highest BCUT2D eigenvalue weighted by Crippen LogP contribution is 2.18. The Bertz CT molecular complexity index is 677. The molecule has 0 aromatic heterocycles. The molecule has 0 saturated heterocycles. The summed E-state index contributed by atoms with van der Waals surface area (Å²) in [5.74, 6) is -1.49. The summed E-state index contributed by atoms with van der Waals surface area (Å²) >= 11 is 0. The van der Waals surface area contributed by atoms with Gasteiger partial charge in [0.05, 0.1) is 17.9 Å². The smallest absolute Gasteiger partial charge is 0.337 e. The molecule has 0 aliphatic heterocycles. The van der Waals surface area contributed by atoms with Gasteiger partial charge in [-0.25, -0.2) is 4.79 Å². The van der Waals surface area contributed by atoms with E-state index in [1.807, 2.05) is 0 Å². The lowest BCUT2D eigenvalue weighted by molar-refractivity contribution is 0.0698. The second kappa shape index (κ2) is 6.19. The fourth-order valence-corrected chi connectivity index (χ4v) is 1.90. The molecule has 2 rings (SSSR count). The number of carboxylic acid groups (broad SMARTS) is 1. The molecule has 2 aromatic rings. The molecule has 0 heterocycles. The Labute approximate surface area is 121 Å². The predicted octanol–water partition coefficient (Wildman–Crippen LogP) is 2.44. The van der Waals surface area contributed by atoms with Crippen LogP contribution in [0.15, 0.2) is 42.5 Å². The van der Waals surface area contributed by atoms with Gasteiger partial charge in [-0.15, -0.1) is 0 Å². The van der Waals surface area contributed by atoms with Gasteiger partial charge in [0.1, 0.15) is 0 Å². The number of carbonyl (C=O) groups is 2. The van der Waals surface area contributed by atoms with Crippen LogP contribution in [0.25, 0.3) is 0 Å². The van der Waals surface area contributed by atoms with Crippen LogP contribution in [0.1, 0.15) is 31.8 Å². The molecular weight excluding hydrogens is 270 g/mol. The highest BCUT2D eigenvalue weighted by molar-refractivity contribution is 6.07. The largest absolute Gasteiger partial charge is 0.478 e. The zero-order chi connectivity index (χ0) is 15.4. The molecule has 0 fully saturated rings. The Kier molecular flexibility index (Phi) is 4.35. The minimum atomic E-state index is -1.09. The summed E-state index contributed by atoms with van der Waals surface area (Å²) in [6.07, 6.45) is 0. The Morgan fingerprint density at radius 1 is 1.10 bits per heavy atom. The molecule has 0 spiro atoms. The van der Waals surface area contributed by atoms with E-state index in [9.17, 15) is 9.59 Å². The quantitative estimate of drug-likeness (QED) is 0.805. The zero-order valence-corrected chi connectivity index (χ0v) is 11.5. The summed E-state index contributed by atoms with van der Waals surface area (Å²) in [5.41, 5.74) is 2.20. The van der Waals surface area contributed by atoms with E-state index in [4.69, 9.17) is 10.2 Å². The van der Waals surface area contributed by atoms with Crippen LogP contribution in [0, 0.1) is 6.92 Å². The van der Waals surface area contributed by atoms with Gasteiger partial charge in [0, 0.05) is 5.56 Å². The Morgan fingerprint density at radius 2 is 1.76 bits per heavy atom. The molecule has 108 valence electrons. The third-order valence-electron chi connectivity index (χ3n) is 3.05. The Hall–Kier alpha value is -2.66. The lowest BCUT2D eigenvalue weighted by atomic mass is 10.1. The van der Waals surface area contributed by atoms with Gasteiger partial charge in [0.25, 0.3) is 5.91 Å². The Balaban J connectivity index is 2.24. The van der Waals surface area contributed by atoms with E-state index in [1.165, 1.54) is 6.07 Å². The molecule has 0 radical (unpaired) electrons. The van der Waals surface area contributed by atoms with E-state index in [0.29, 0.717) is 11.1 Å². The van der Waals surface area contributed by atoms with E-state index in [-0.39, 0.29) is 17.9 Å². The number of aromatic carboxylic acids is 1. The second-order valence-electron chi connectivity index (χ2n) is 4.66. The van der Waals surface area contributed by atoms with E-state index in [1.54, 1.807) is 43.3 Å². The first-order chi connectivity index (χ1) is 10.0. The van der Waals surface area contributed by atoms with E-state index in [0.717, 1.165) is 5.56 Å². The number of aliphatic hydroxyl groups excluding tert-OH is 1. The first-order valence-electron chi connectivity index (χ1n) is 6.36. The van der Waals surface area contributed by atoms with Gasteiger partial charge in [0.15, 0.2) is 0 Å². The van der Waals surface area contributed by atoms with Crippen molar-refractivity contribution >= 4 is 17.6 Å². The highest BCUT2D eigenvalue weighted by Gasteiger charge is 2.13. The average Bonchev–Trinajstić information content (AvgIpc) is 2.49. The summed E-state index contributed by atoms with van der Waals surface area (Å²) < 4.78 is 0. The molecule has 1 amide bonds. The van der Waals surface area contributed by atoms with E-state index in [2.05, 4.69) is 5.32 Å². The number of carboxylic acids is 1. The number of benzene rings is 2. The van der Waals surface area contributed by atoms with Crippen molar-refractivity contribution in [2.45, 2.75) is 13.5 Å². The number of anilines is 1. The van der Waals surface area contributed by atoms with Gasteiger partial charge < -0.3 is 15.5 Å². The first-order valence-corrected chi connectivity index (χ1v) is 6.36. The molecule has 21 heavy (non-hydrogen) atoms. The van der Waals surface area contributed by atoms with Crippen molar-refractivity contribution in [3.8, 4) is 0 Å². The molecule has 3 N–H and O–H groups in total. The number of hydrogen-bond donors (Lipinski definition) is 3. The van der Waals surface area contributed by atoms with Crippen LogP contribution in [0.3, 0.4) is 0 Å². The molecule has 5 heteroatoms. The lowest BCUT2D eigenvalue weighted by Gasteiger charge is -2.09. The third kappa shape index (κ3) is 3.46. The number of amides is 1. The van der Waals surface area contributed by atoms with Crippen LogP contribution in [0.5, 0.6) is 0 Å². The molecule has 0 atom stereocenters. The fourth-order valence-electron chi connectivity index (χ4n) is 1.90. The molecular formula is C16H15NO4. The van der Waals surface area contributed by atoms with Crippen molar-refractivity contribution in [1.82, 2.24) is 0 Å². The maximum Gasteiger partial charge on any atom is 0.337 e. The SMILES string of the molecule is Cc1ccc(NC(=O)c2ccc(CO)cc2)c(C(=O)O)c1. The topological polar surface area (TPSA) is 86.6 Å². The molecule has 0 bridgehead atoms. The van der Waals surface area contributed by atoms with Crippen LogP contribution < -0.4 is 5.32 Å². The molecule has 0 aliphatic rings. The first kappa shape index (κ1) is 14.7. The van der Waals surface area contributed by atoms with Crippen molar-refractivity contribution < 1.29 is 19.8 Å². The molecule has 0 saturated carbocycles. The minimum absolute atomic E-state index is 0.0512. The van der Waals surface area contributed by atoms with Crippen molar-refractivity contribution in [2.75, 3.05) is 5.32 Å². The third-order valence-corrected chi connectivity index (χ3v) is 3.05. The normalized spacial score (nSPS) is 10.2. The van der Waals surface area contributed by atoms with Crippen LogP contribution in [0.4, 0.5) is 5.69 Å². The standard InChI is InChI=1S/C16H15NO4/c1-10-2-7-14(13(8-10)16(20)21)17-15(19)12-5-3-11(9-18)4-6-12/h2-8,18H,9H2,1H3,(H,17,19)(H,20,21). The number of hydrogen-bond acceptors (Lipinski definition) is 3. The van der Waals surface area contributed by atoms with Gasteiger partial charge in [-0.1, -0.05) is 23.8 Å². The van der Waals surface area contributed by atoms with Gasteiger partial charge in [-0.05, 0) is 36.8 Å². The second-order valence-corrected chi connectivity index (χ2v) is 4.66. The van der Waals surface area contributed by atoms with Gasteiger partial charge in [-0.2, -0.15) is 0 Å². The van der Waals surface area contributed by atoms with E-state index >= 15 is 0 Å². The van der Waals surface area contributed by atoms with Crippen molar-refractivity contribution in [1.29, 1.82) is 0 Å². The summed E-state index contributed by atoms with van der Waals surface area (Å²) in [6, 6.07) is 11.2. The van der Waals surface area contributed by atoms with E-state index < -0.39 is 11.9 Å². The summed E-state index contributed by atoms with van der Waals surface area (Å²) in [4.78, 5) is 23.3. The number of rotatable bonds is 4. The number of nitrogens with one attached hydrogen (secondary N) is 1. The zero-order valence-electron chi connectivity index (χ0n) is 11.5. The predicted molar refractivity (Wildman–Crippen MR) is 78.5 cm³/mol. The summed E-state index contributed by atoms with van der Waals surface area (Å²) in [6.45, 7) is 1.69. The number of aryl methyl sites for hydroxylation is 1. The van der Waals surface area contributed by atoms with Crippen LogP contribution in [-0.2, 0) is 6.61 Å². The van der Waals surface area contributed by atoms with Gasteiger partial charge in [-0.3, -0.25) is 4.79 Å². The monoisotopic (exact) mass is 285 g/mol. The molecule has 5 nitrogen and oxygen atoms in total.